The van der Waals surface area contributed by atoms with Crippen molar-refractivity contribution < 1.29 is 0 Å². The minimum Gasteiger partial charge on any atom is -0.0669 e. The van der Waals surface area contributed by atoms with Crippen LogP contribution in [0.5, 0.6) is 0 Å². The Kier molecular flexibility index (Phi) is 3.24. The molecule has 80 valence electrons. The van der Waals surface area contributed by atoms with Crippen molar-refractivity contribution in [3.05, 3.63) is 0 Å². The van der Waals surface area contributed by atoms with E-state index in [0.717, 1.165) is 11.8 Å². The molecule has 0 aromatic heterocycles. The van der Waals surface area contributed by atoms with E-state index in [2.05, 4.69) is 14.8 Å². The zero-order valence-electron chi connectivity index (χ0n) is 10.0. The van der Waals surface area contributed by atoms with Crippen LogP contribution in [0.3, 0.4) is 0 Å². The second-order valence-electron chi connectivity index (χ2n) is 6.42. The minimum absolute atomic E-state index is 0.643. The molecule has 2 aliphatic rings. The van der Waals surface area contributed by atoms with Crippen molar-refractivity contribution in [3.63, 3.8) is 0 Å². The lowest BCUT2D eigenvalue weighted by atomic mass is 9.63. The Morgan fingerprint density at radius 3 is 2.36 bits per heavy atom. The molecule has 0 N–H and O–H groups in total. The summed E-state index contributed by atoms with van der Waals surface area (Å²) < 4.78 is 0. The van der Waals surface area contributed by atoms with Gasteiger partial charge in [0.25, 0.3) is 0 Å². The molecule has 3 atom stereocenters. The van der Waals surface area contributed by atoms with E-state index in [1.54, 1.807) is 6.42 Å². The van der Waals surface area contributed by atoms with Crippen molar-refractivity contribution in [3.8, 4) is 0 Å². The zero-order valence-corrected chi connectivity index (χ0v) is 10.0. The van der Waals surface area contributed by atoms with Gasteiger partial charge in [-0.1, -0.05) is 70.0 Å². The molecule has 2 rings (SSSR count). The van der Waals surface area contributed by atoms with Crippen LogP contribution in [0.15, 0.2) is 0 Å². The average molecular weight is 192 g/mol. The van der Waals surface area contributed by atoms with Gasteiger partial charge in [0.15, 0.2) is 0 Å². The van der Waals surface area contributed by atoms with Gasteiger partial charge in [-0.15, -0.1) is 0 Å². The molecule has 0 aromatic rings. The summed E-state index contributed by atoms with van der Waals surface area (Å²) in [6, 6.07) is 0. The van der Waals surface area contributed by atoms with Gasteiger partial charge >= 0.3 is 0 Å². The van der Waals surface area contributed by atoms with E-state index in [1.807, 2.05) is 0 Å². The first-order valence-corrected chi connectivity index (χ1v) is 6.67. The Labute approximate surface area is 90.3 Å². The summed E-state index contributed by atoms with van der Waals surface area (Å²) in [4.78, 5) is 0. The van der Waals surface area contributed by atoms with E-state index < -0.39 is 0 Å². The second kappa shape index (κ2) is 4.29. The standard InChI is InChI=1S/C13H25B/c1-13(14)9-5-8-11-6-3-2-4-7-12(11)10-13/h11-12H,2-10,14H2,1H3. The molecule has 2 fully saturated rings. The SMILES string of the molecule is BC1(C)CCCC2CCCCCC2C1. The van der Waals surface area contributed by atoms with Gasteiger partial charge in [0.1, 0.15) is 7.85 Å². The summed E-state index contributed by atoms with van der Waals surface area (Å²) in [5.74, 6) is 2.18. The summed E-state index contributed by atoms with van der Waals surface area (Å²) >= 11 is 0. The minimum atomic E-state index is 0.643. The molecule has 0 heterocycles. The maximum Gasteiger partial charge on any atom is 0.109 e. The highest BCUT2D eigenvalue weighted by atomic mass is 14.4. The van der Waals surface area contributed by atoms with E-state index in [9.17, 15) is 0 Å². The molecule has 2 saturated carbocycles. The lowest BCUT2D eigenvalue weighted by molar-refractivity contribution is 0.282. The van der Waals surface area contributed by atoms with E-state index in [-0.39, 0.29) is 0 Å². The fourth-order valence-corrected chi connectivity index (χ4v) is 3.76. The van der Waals surface area contributed by atoms with Gasteiger partial charge in [0.05, 0.1) is 0 Å². The Hall–Kier alpha value is 0.0649. The van der Waals surface area contributed by atoms with Crippen LogP contribution in [-0.4, -0.2) is 7.85 Å². The van der Waals surface area contributed by atoms with E-state index in [4.69, 9.17) is 0 Å². The summed E-state index contributed by atoms with van der Waals surface area (Å²) in [5.41, 5.74) is 0. The summed E-state index contributed by atoms with van der Waals surface area (Å²) in [6.07, 6.45) is 13.6. The first-order chi connectivity index (χ1) is 6.67. The van der Waals surface area contributed by atoms with Crippen LogP contribution in [-0.2, 0) is 0 Å². The third-order valence-electron chi connectivity index (χ3n) is 4.56. The van der Waals surface area contributed by atoms with Gasteiger partial charge in [-0.2, -0.15) is 0 Å². The number of rotatable bonds is 0. The van der Waals surface area contributed by atoms with E-state index in [0.29, 0.717) is 5.31 Å². The third-order valence-corrected chi connectivity index (χ3v) is 4.56. The van der Waals surface area contributed by atoms with Gasteiger partial charge in [-0.3, -0.25) is 0 Å². The highest BCUT2D eigenvalue weighted by Gasteiger charge is 2.32. The van der Waals surface area contributed by atoms with Crippen molar-refractivity contribution in [2.45, 2.75) is 70.0 Å². The van der Waals surface area contributed by atoms with Crippen LogP contribution in [0.4, 0.5) is 0 Å². The first-order valence-electron chi connectivity index (χ1n) is 6.67. The smallest absolute Gasteiger partial charge is 0.0669 e. The van der Waals surface area contributed by atoms with Gasteiger partial charge in [-0.25, -0.2) is 0 Å². The molecule has 1 heteroatoms. The van der Waals surface area contributed by atoms with Gasteiger partial charge in [-0.05, 0) is 11.8 Å². The normalized spacial score (nSPS) is 44.9. The maximum absolute atomic E-state index is 2.49. The van der Waals surface area contributed by atoms with Gasteiger partial charge in [0, 0.05) is 0 Å². The summed E-state index contributed by atoms with van der Waals surface area (Å²) in [5, 5.41) is 0.643. The second-order valence-corrected chi connectivity index (χ2v) is 6.42. The monoisotopic (exact) mass is 192 g/mol. The first kappa shape index (κ1) is 10.6. The van der Waals surface area contributed by atoms with Crippen molar-refractivity contribution >= 4 is 7.85 Å². The van der Waals surface area contributed by atoms with Crippen molar-refractivity contribution in [2.24, 2.45) is 11.8 Å². The highest BCUT2D eigenvalue weighted by Crippen LogP contribution is 2.47. The number of fused-ring (bicyclic) bond motifs is 1. The Balaban J connectivity index is 2.04. The van der Waals surface area contributed by atoms with Crippen LogP contribution in [0.1, 0.15) is 64.7 Å². The largest absolute Gasteiger partial charge is 0.109 e. The van der Waals surface area contributed by atoms with Gasteiger partial charge in [0.2, 0.25) is 0 Å². The molecule has 0 saturated heterocycles. The summed E-state index contributed by atoms with van der Waals surface area (Å²) in [7, 11) is 2.49. The molecular formula is C13H25B. The lowest BCUT2D eigenvalue weighted by Gasteiger charge is -2.29. The van der Waals surface area contributed by atoms with Crippen LogP contribution in [0, 0.1) is 11.8 Å². The fourth-order valence-electron chi connectivity index (χ4n) is 3.76. The van der Waals surface area contributed by atoms with Crippen LogP contribution in [0.25, 0.3) is 0 Å². The molecule has 0 nitrogen and oxygen atoms in total. The lowest BCUT2D eigenvalue weighted by Crippen LogP contribution is -2.16. The van der Waals surface area contributed by atoms with Crippen molar-refractivity contribution in [1.82, 2.24) is 0 Å². The molecule has 0 aliphatic heterocycles. The highest BCUT2D eigenvalue weighted by molar-refractivity contribution is 6.14. The van der Waals surface area contributed by atoms with Crippen molar-refractivity contribution in [1.29, 1.82) is 0 Å². The zero-order chi connectivity index (χ0) is 10.0. The fraction of sp³-hybridized carbons (Fsp3) is 1.00. The molecule has 0 amide bonds. The Morgan fingerprint density at radius 2 is 1.57 bits per heavy atom. The molecule has 0 radical (unpaired) electrons. The maximum atomic E-state index is 2.49. The molecule has 0 spiro atoms. The molecular weight excluding hydrogens is 167 g/mol. The third kappa shape index (κ3) is 2.55. The van der Waals surface area contributed by atoms with E-state index >= 15 is 0 Å². The summed E-state index contributed by atoms with van der Waals surface area (Å²) in [6.45, 7) is 2.49. The van der Waals surface area contributed by atoms with E-state index in [1.165, 1.54) is 51.4 Å². The van der Waals surface area contributed by atoms with Crippen LogP contribution < -0.4 is 0 Å². The Bertz CT molecular complexity index is 186. The molecule has 0 bridgehead atoms. The predicted molar refractivity (Wildman–Crippen MR) is 65.4 cm³/mol. The molecule has 2 aliphatic carbocycles. The molecule has 0 aromatic carbocycles. The average Bonchev–Trinajstić information content (AvgIpc) is 2.36. The number of hydrogen-bond acceptors (Lipinski definition) is 0. The molecule has 3 unspecified atom stereocenters. The predicted octanol–water partition coefficient (Wildman–Crippen LogP) is 3.57. The number of hydrogen-bond donors (Lipinski definition) is 0. The van der Waals surface area contributed by atoms with Crippen molar-refractivity contribution in [2.75, 3.05) is 0 Å². The topological polar surface area (TPSA) is 0 Å². The quantitative estimate of drug-likeness (QED) is 0.514. The van der Waals surface area contributed by atoms with Crippen LogP contribution >= 0.6 is 0 Å². The molecule has 14 heavy (non-hydrogen) atoms. The van der Waals surface area contributed by atoms with Crippen LogP contribution in [0.2, 0.25) is 5.31 Å². The Morgan fingerprint density at radius 1 is 0.929 bits per heavy atom. The van der Waals surface area contributed by atoms with Gasteiger partial charge < -0.3 is 0 Å².